The Bertz CT molecular complexity index is 1560. The summed E-state index contributed by atoms with van der Waals surface area (Å²) in [6.07, 6.45) is -2.29. The molecule has 3 atom stereocenters. The number of rotatable bonds is 20. The fourth-order valence-corrected chi connectivity index (χ4v) is 6.37. The summed E-state index contributed by atoms with van der Waals surface area (Å²) in [6.45, 7) is 9.89. The number of aromatic nitrogens is 4. The Hall–Kier alpha value is -4.02. The molecular weight excluding hydrogens is 649 g/mol. The average molecular weight is 696 g/mol. The third kappa shape index (κ3) is 11.6. The van der Waals surface area contributed by atoms with Crippen molar-refractivity contribution in [2.24, 2.45) is 0 Å². The molecule has 3 unspecified atom stereocenters. The van der Waals surface area contributed by atoms with Gasteiger partial charge < -0.3 is 39.1 Å². The summed E-state index contributed by atoms with van der Waals surface area (Å²) in [5, 5.41) is 5.53. The number of para-hydroxylation sites is 1. The molecule has 0 aliphatic heterocycles. The second-order valence-electron chi connectivity index (χ2n) is 11.4. The standard InChI is InChI=1S/C30H46N7O10P/c1-18(2)46-27(38)20(5)35-48(41,36-21(6)28(39)47-19(3)4)17-45-23(16-44-22-11-9-8-10-12-22)15-37-26-24(32-30(37)40)25(31)33-29(34-26)43-14-13-42-7/h8-12,18-21,23H,13-17H2,1-7H3,(H,32,40)(H2,31,33,34)(H2,35,36,41). The number of hydrogen-bond donors (Lipinski definition) is 4. The van der Waals surface area contributed by atoms with Crippen LogP contribution in [0.15, 0.2) is 35.1 Å². The van der Waals surface area contributed by atoms with Crippen LogP contribution >= 0.6 is 7.44 Å². The summed E-state index contributed by atoms with van der Waals surface area (Å²) in [5.41, 5.74) is 5.86. The van der Waals surface area contributed by atoms with Crippen LogP contribution < -0.4 is 31.1 Å². The zero-order valence-corrected chi connectivity index (χ0v) is 29.2. The number of nitrogens with zero attached hydrogens (tertiary/aromatic N) is 3. The van der Waals surface area contributed by atoms with Crippen LogP contribution in [0.25, 0.3) is 11.2 Å². The summed E-state index contributed by atoms with van der Waals surface area (Å²) in [7, 11) is -2.39. The van der Waals surface area contributed by atoms with Crippen LogP contribution in [-0.2, 0) is 39.6 Å². The van der Waals surface area contributed by atoms with Crippen LogP contribution in [0.4, 0.5) is 5.82 Å². The highest BCUT2D eigenvalue weighted by atomic mass is 31.2. The van der Waals surface area contributed by atoms with Gasteiger partial charge in [-0.1, -0.05) is 18.2 Å². The second-order valence-corrected chi connectivity index (χ2v) is 13.7. The first kappa shape index (κ1) is 38.4. The first-order valence-electron chi connectivity index (χ1n) is 15.4. The molecule has 0 saturated carbocycles. The minimum atomic E-state index is -3.91. The number of nitrogens with one attached hydrogen (secondary N) is 3. The van der Waals surface area contributed by atoms with Crippen LogP contribution in [0.1, 0.15) is 41.5 Å². The first-order valence-corrected chi connectivity index (χ1v) is 17.3. The van der Waals surface area contributed by atoms with E-state index in [1.807, 2.05) is 6.07 Å². The minimum Gasteiger partial charge on any atom is -0.491 e. The number of imidazole rings is 1. The van der Waals surface area contributed by atoms with E-state index in [-0.39, 0.29) is 49.4 Å². The molecule has 1 aromatic carbocycles. The number of ether oxygens (including phenoxy) is 6. The van der Waals surface area contributed by atoms with E-state index in [4.69, 9.17) is 34.2 Å². The van der Waals surface area contributed by atoms with Gasteiger partial charge in [-0.15, -0.1) is 0 Å². The summed E-state index contributed by atoms with van der Waals surface area (Å²) in [4.78, 5) is 49.5. The molecule has 0 radical (unpaired) electrons. The highest BCUT2D eigenvalue weighted by molar-refractivity contribution is 7.59. The minimum absolute atomic E-state index is 0.0104. The Morgan fingerprint density at radius 2 is 1.54 bits per heavy atom. The summed E-state index contributed by atoms with van der Waals surface area (Å²) in [5.74, 6) is -0.796. The second kappa shape index (κ2) is 17.9. The number of esters is 2. The fourth-order valence-electron chi connectivity index (χ4n) is 4.27. The predicted molar refractivity (Wildman–Crippen MR) is 177 cm³/mol. The molecule has 5 N–H and O–H groups in total. The number of benzene rings is 1. The van der Waals surface area contributed by atoms with E-state index in [1.165, 1.54) is 25.5 Å². The van der Waals surface area contributed by atoms with Crippen molar-refractivity contribution < 1.29 is 42.6 Å². The normalized spacial score (nSPS) is 14.8. The van der Waals surface area contributed by atoms with Crippen molar-refractivity contribution in [1.82, 2.24) is 29.7 Å². The van der Waals surface area contributed by atoms with E-state index in [0.717, 1.165) is 0 Å². The lowest BCUT2D eigenvalue weighted by atomic mass is 10.3. The molecule has 0 aliphatic carbocycles. The van der Waals surface area contributed by atoms with Crippen molar-refractivity contribution in [1.29, 1.82) is 0 Å². The van der Waals surface area contributed by atoms with E-state index in [9.17, 15) is 18.9 Å². The highest BCUT2D eigenvalue weighted by Crippen LogP contribution is 2.38. The van der Waals surface area contributed by atoms with Crippen molar-refractivity contribution in [3.05, 3.63) is 40.8 Å². The number of nitrogens with two attached hydrogens (primary N) is 1. The van der Waals surface area contributed by atoms with E-state index in [0.29, 0.717) is 5.75 Å². The molecule has 0 aliphatic rings. The Kier molecular flexibility index (Phi) is 14.4. The zero-order chi connectivity index (χ0) is 35.4. The number of anilines is 1. The average Bonchev–Trinajstić information content (AvgIpc) is 3.33. The number of carbonyl (C=O) groups excluding carboxylic acids is 2. The van der Waals surface area contributed by atoms with Crippen LogP contribution in [0.3, 0.4) is 0 Å². The third-order valence-electron chi connectivity index (χ3n) is 6.42. The Morgan fingerprint density at radius 3 is 2.10 bits per heavy atom. The molecule has 0 bridgehead atoms. The molecule has 0 fully saturated rings. The maximum Gasteiger partial charge on any atom is 0.327 e. The van der Waals surface area contributed by atoms with Crippen molar-refractivity contribution in [2.45, 2.75) is 78.5 Å². The largest absolute Gasteiger partial charge is 0.491 e. The van der Waals surface area contributed by atoms with E-state index in [1.54, 1.807) is 52.0 Å². The van der Waals surface area contributed by atoms with Gasteiger partial charge >= 0.3 is 23.6 Å². The molecule has 3 rings (SSSR count). The molecule has 266 valence electrons. The number of hydrogen-bond acceptors (Lipinski definition) is 13. The third-order valence-corrected chi connectivity index (χ3v) is 8.54. The molecule has 48 heavy (non-hydrogen) atoms. The number of nitrogen functional groups attached to an aromatic ring is 1. The topological polar surface area (TPSA) is 220 Å². The Morgan fingerprint density at radius 1 is 0.938 bits per heavy atom. The number of carbonyl (C=O) groups is 2. The van der Waals surface area contributed by atoms with Crippen molar-refractivity contribution in [3.63, 3.8) is 0 Å². The molecular formula is C30H46N7O10P. The quantitative estimate of drug-likeness (QED) is 0.0756. The number of methoxy groups -OCH3 is 1. The van der Waals surface area contributed by atoms with E-state index >= 15 is 0 Å². The first-order chi connectivity index (χ1) is 22.7. The molecule has 0 saturated heterocycles. The van der Waals surface area contributed by atoms with Crippen molar-refractivity contribution in [2.75, 3.05) is 39.0 Å². The van der Waals surface area contributed by atoms with Gasteiger partial charge in [-0.05, 0) is 53.7 Å². The number of aromatic amines is 1. The Labute approximate surface area is 278 Å². The van der Waals surface area contributed by atoms with Crippen molar-refractivity contribution in [3.8, 4) is 11.8 Å². The van der Waals surface area contributed by atoms with Crippen molar-refractivity contribution >= 4 is 36.4 Å². The van der Waals surface area contributed by atoms with Crippen LogP contribution in [-0.4, -0.2) is 95.1 Å². The van der Waals surface area contributed by atoms with Gasteiger partial charge in [-0.3, -0.25) is 18.7 Å². The monoisotopic (exact) mass is 695 g/mol. The van der Waals surface area contributed by atoms with Gasteiger partial charge in [0.1, 0.15) is 49.0 Å². The maximum atomic E-state index is 14.3. The van der Waals surface area contributed by atoms with Gasteiger partial charge in [0.05, 0.1) is 25.4 Å². The van der Waals surface area contributed by atoms with Gasteiger partial charge in [-0.2, -0.15) is 9.97 Å². The number of fused-ring (bicyclic) bond motifs is 1. The molecule has 2 aromatic heterocycles. The molecule has 17 nitrogen and oxygen atoms in total. The van der Waals surface area contributed by atoms with Gasteiger partial charge in [0, 0.05) is 7.11 Å². The van der Waals surface area contributed by atoms with Crippen LogP contribution in [0.5, 0.6) is 11.8 Å². The summed E-state index contributed by atoms with van der Waals surface area (Å²) >= 11 is 0. The SMILES string of the molecule is COCCOc1nc(N)c2[nH]c(=O)n(CC(COc3ccccc3)OCP(=O)(NC(C)C(=O)OC(C)C)NC(C)C(=O)OC(C)C)c2n1. The molecule has 0 spiro atoms. The lowest BCUT2D eigenvalue weighted by Crippen LogP contribution is -2.44. The molecule has 2 heterocycles. The zero-order valence-electron chi connectivity index (χ0n) is 28.3. The lowest BCUT2D eigenvalue weighted by molar-refractivity contribution is -0.149. The molecule has 0 amide bonds. The van der Waals surface area contributed by atoms with Crippen LogP contribution in [0, 0.1) is 0 Å². The molecule has 3 aromatic rings. The predicted octanol–water partition coefficient (Wildman–Crippen LogP) is 2.20. The maximum absolute atomic E-state index is 14.3. The van der Waals surface area contributed by atoms with E-state index < -0.39 is 61.8 Å². The number of H-pyrrole nitrogens is 1. The van der Waals surface area contributed by atoms with Gasteiger partial charge in [0.15, 0.2) is 11.5 Å². The molecule has 18 heteroatoms. The fraction of sp³-hybridized carbons (Fsp3) is 0.567. The smallest absolute Gasteiger partial charge is 0.327 e. The Balaban J connectivity index is 1.93. The van der Waals surface area contributed by atoms with Gasteiger partial charge in [0.25, 0.3) is 0 Å². The van der Waals surface area contributed by atoms with Gasteiger partial charge in [0.2, 0.25) is 7.44 Å². The van der Waals surface area contributed by atoms with Crippen LogP contribution in [0.2, 0.25) is 0 Å². The summed E-state index contributed by atoms with van der Waals surface area (Å²) in [6, 6.07) is 6.73. The van der Waals surface area contributed by atoms with E-state index in [2.05, 4.69) is 25.1 Å². The lowest BCUT2D eigenvalue weighted by Gasteiger charge is -2.28. The summed E-state index contributed by atoms with van der Waals surface area (Å²) < 4.78 is 48.8. The highest BCUT2D eigenvalue weighted by Gasteiger charge is 2.34. The van der Waals surface area contributed by atoms with Gasteiger partial charge in [-0.25, -0.2) is 15.0 Å².